The first-order valence-electron chi connectivity index (χ1n) is 5.53. The molecule has 0 aromatic heterocycles. The normalized spacial score (nSPS) is 35.9. The fraction of sp³-hybridized carbons (Fsp3) is 0.818. The van der Waals surface area contributed by atoms with Crippen molar-refractivity contribution >= 4 is 27.9 Å². The highest BCUT2D eigenvalue weighted by molar-refractivity contribution is 9.09. The molecule has 1 heterocycles. The fourth-order valence-corrected chi connectivity index (χ4v) is 2.58. The van der Waals surface area contributed by atoms with Crippen LogP contribution in [0.15, 0.2) is 0 Å². The van der Waals surface area contributed by atoms with Crippen molar-refractivity contribution in [3.63, 3.8) is 0 Å². The lowest BCUT2D eigenvalue weighted by atomic mass is 10.0. The van der Waals surface area contributed by atoms with E-state index in [0.717, 1.165) is 0 Å². The maximum absolute atomic E-state index is 11.1. The minimum absolute atomic E-state index is 0.410. The van der Waals surface area contributed by atoms with E-state index in [1.54, 1.807) is 6.92 Å². The Labute approximate surface area is 114 Å². The van der Waals surface area contributed by atoms with Crippen molar-refractivity contribution in [2.75, 3.05) is 7.11 Å². The standard InChI is InChI=1S/C11H17BrO6/c1-5-9(17-6(2)13)10(18-7(3)14)8(12)11(15-4)16-5/h5,8-11H,1-4H3/t5-,8-,9-,10-,11+/m0/s1. The van der Waals surface area contributed by atoms with Gasteiger partial charge in [-0.2, -0.15) is 0 Å². The zero-order chi connectivity index (χ0) is 13.9. The summed E-state index contributed by atoms with van der Waals surface area (Å²) in [4.78, 5) is 21.8. The number of rotatable bonds is 3. The van der Waals surface area contributed by atoms with E-state index >= 15 is 0 Å². The predicted octanol–water partition coefficient (Wildman–Crippen LogP) is 1.00. The van der Waals surface area contributed by atoms with Gasteiger partial charge in [0, 0.05) is 21.0 Å². The highest BCUT2D eigenvalue weighted by Gasteiger charge is 2.47. The van der Waals surface area contributed by atoms with Gasteiger partial charge in [0.05, 0.1) is 6.10 Å². The van der Waals surface area contributed by atoms with Gasteiger partial charge in [-0.3, -0.25) is 9.59 Å². The molecule has 0 amide bonds. The molecule has 0 N–H and O–H groups in total. The number of alkyl halides is 1. The Morgan fingerprint density at radius 3 is 2.06 bits per heavy atom. The number of ether oxygens (including phenoxy) is 4. The average Bonchev–Trinajstić information content (AvgIpc) is 2.27. The first-order valence-corrected chi connectivity index (χ1v) is 6.45. The van der Waals surface area contributed by atoms with Crippen LogP contribution in [0.1, 0.15) is 20.8 Å². The van der Waals surface area contributed by atoms with Crippen LogP contribution in [0, 0.1) is 0 Å². The summed E-state index contributed by atoms with van der Waals surface area (Å²) in [6, 6.07) is 0. The van der Waals surface area contributed by atoms with Crippen LogP contribution in [-0.4, -0.2) is 48.5 Å². The van der Waals surface area contributed by atoms with Crippen LogP contribution in [0.25, 0.3) is 0 Å². The summed E-state index contributed by atoms with van der Waals surface area (Å²) in [5, 5.41) is 0. The summed E-state index contributed by atoms with van der Waals surface area (Å²) in [6.07, 6.45) is -2.32. The van der Waals surface area contributed by atoms with E-state index in [1.165, 1.54) is 21.0 Å². The number of carbonyl (C=O) groups excluding carboxylic acids is 2. The molecular formula is C11H17BrO6. The average molecular weight is 325 g/mol. The molecule has 7 heteroatoms. The molecule has 0 radical (unpaired) electrons. The summed E-state index contributed by atoms with van der Waals surface area (Å²) in [5.41, 5.74) is 0. The minimum Gasteiger partial charge on any atom is -0.457 e. The molecule has 1 fully saturated rings. The molecule has 1 saturated heterocycles. The molecule has 0 aromatic carbocycles. The van der Waals surface area contributed by atoms with Crippen LogP contribution in [-0.2, 0) is 28.5 Å². The number of hydrogen-bond donors (Lipinski definition) is 0. The van der Waals surface area contributed by atoms with Crippen molar-refractivity contribution in [1.82, 2.24) is 0 Å². The lowest BCUT2D eigenvalue weighted by Crippen LogP contribution is -2.57. The molecule has 1 rings (SSSR count). The van der Waals surface area contributed by atoms with Crippen LogP contribution in [0.5, 0.6) is 0 Å². The van der Waals surface area contributed by atoms with Crippen LogP contribution in [0.3, 0.4) is 0 Å². The maximum atomic E-state index is 11.1. The molecule has 0 saturated carbocycles. The molecule has 6 nitrogen and oxygen atoms in total. The Kier molecular flexibility index (Phi) is 5.55. The third-order valence-corrected chi connectivity index (χ3v) is 3.50. The number of hydrogen-bond acceptors (Lipinski definition) is 6. The highest BCUT2D eigenvalue weighted by atomic mass is 79.9. The Balaban J connectivity index is 2.89. The molecule has 5 atom stereocenters. The molecule has 18 heavy (non-hydrogen) atoms. The molecule has 0 unspecified atom stereocenters. The SMILES string of the molecule is CO[C@@H]1O[C@@H](C)[C@H](OC(C)=O)[C@@H](OC(C)=O)[C@@H]1Br. The Morgan fingerprint density at radius 2 is 1.61 bits per heavy atom. The summed E-state index contributed by atoms with van der Waals surface area (Å²) in [6.45, 7) is 4.32. The quantitative estimate of drug-likeness (QED) is 0.570. The van der Waals surface area contributed by atoms with Gasteiger partial charge in [-0.25, -0.2) is 0 Å². The Hall–Kier alpha value is -0.660. The summed E-state index contributed by atoms with van der Waals surface area (Å²) < 4.78 is 21.0. The van der Waals surface area contributed by atoms with E-state index in [4.69, 9.17) is 18.9 Å². The topological polar surface area (TPSA) is 71.1 Å². The van der Waals surface area contributed by atoms with Crippen molar-refractivity contribution in [1.29, 1.82) is 0 Å². The van der Waals surface area contributed by atoms with Crippen LogP contribution in [0.2, 0.25) is 0 Å². The van der Waals surface area contributed by atoms with E-state index in [0.29, 0.717) is 0 Å². The first-order chi connectivity index (χ1) is 8.36. The van der Waals surface area contributed by atoms with Crippen molar-refractivity contribution in [2.24, 2.45) is 0 Å². The van der Waals surface area contributed by atoms with E-state index in [2.05, 4.69) is 15.9 Å². The molecule has 104 valence electrons. The summed E-state index contributed by atoms with van der Waals surface area (Å²) in [7, 11) is 1.49. The van der Waals surface area contributed by atoms with Crippen LogP contribution in [0.4, 0.5) is 0 Å². The zero-order valence-electron chi connectivity index (χ0n) is 10.7. The van der Waals surface area contributed by atoms with Gasteiger partial charge in [0.15, 0.2) is 18.5 Å². The number of methoxy groups -OCH3 is 1. The molecule has 0 aromatic rings. The second-order valence-electron chi connectivity index (χ2n) is 4.04. The van der Waals surface area contributed by atoms with Gasteiger partial charge in [-0.15, -0.1) is 0 Å². The third-order valence-electron chi connectivity index (χ3n) is 2.55. The number of esters is 2. The lowest BCUT2D eigenvalue weighted by Gasteiger charge is -2.41. The van der Waals surface area contributed by atoms with Crippen molar-refractivity contribution in [3.8, 4) is 0 Å². The first kappa shape index (κ1) is 15.4. The van der Waals surface area contributed by atoms with Gasteiger partial charge >= 0.3 is 11.9 Å². The summed E-state index contributed by atoms with van der Waals surface area (Å²) >= 11 is 3.35. The monoisotopic (exact) mass is 324 g/mol. The molecule has 1 aliphatic heterocycles. The minimum atomic E-state index is -0.665. The largest absolute Gasteiger partial charge is 0.457 e. The van der Waals surface area contributed by atoms with Gasteiger partial charge in [-0.05, 0) is 6.92 Å². The fourth-order valence-electron chi connectivity index (χ4n) is 1.83. The molecule has 0 aliphatic carbocycles. The second kappa shape index (κ2) is 6.49. The predicted molar refractivity (Wildman–Crippen MR) is 65.2 cm³/mol. The highest BCUT2D eigenvalue weighted by Crippen LogP contribution is 2.30. The van der Waals surface area contributed by atoms with Gasteiger partial charge in [-0.1, -0.05) is 15.9 Å². The molecule has 0 spiro atoms. The Morgan fingerprint density at radius 1 is 1.11 bits per heavy atom. The summed E-state index contributed by atoms with van der Waals surface area (Å²) in [5.74, 6) is -0.909. The van der Waals surface area contributed by atoms with Crippen LogP contribution >= 0.6 is 15.9 Å². The van der Waals surface area contributed by atoms with Crippen molar-refractivity contribution in [2.45, 2.75) is 50.2 Å². The van der Waals surface area contributed by atoms with Gasteiger partial charge in [0.2, 0.25) is 0 Å². The molecule has 1 aliphatic rings. The Bertz CT molecular complexity index is 321. The number of carbonyl (C=O) groups is 2. The van der Waals surface area contributed by atoms with Crippen LogP contribution < -0.4 is 0 Å². The second-order valence-corrected chi connectivity index (χ2v) is 5.10. The van der Waals surface area contributed by atoms with Gasteiger partial charge in [0.25, 0.3) is 0 Å². The van der Waals surface area contributed by atoms with Crippen molar-refractivity contribution < 1.29 is 28.5 Å². The maximum Gasteiger partial charge on any atom is 0.303 e. The smallest absolute Gasteiger partial charge is 0.303 e. The lowest BCUT2D eigenvalue weighted by molar-refractivity contribution is -0.243. The van der Waals surface area contributed by atoms with E-state index in [1.807, 2.05) is 0 Å². The van der Waals surface area contributed by atoms with E-state index in [-0.39, 0.29) is 0 Å². The molecular weight excluding hydrogens is 308 g/mol. The van der Waals surface area contributed by atoms with Gasteiger partial charge < -0.3 is 18.9 Å². The van der Waals surface area contributed by atoms with Gasteiger partial charge in [0.1, 0.15) is 4.83 Å². The van der Waals surface area contributed by atoms with Crippen molar-refractivity contribution in [3.05, 3.63) is 0 Å². The number of halogens is 1. The van der Waals surface area contributed by atoms with E-state index < -0.39 is 41.4 Å². The van der Waals surface area contributed by atoms with E-state index in [9.17, 15) is 9.59 Å². The molecule has 0 bridgehead atoms. The third kappa shape index (κ3) is 3.66. The zero-order valence-corrected chi connectivity index (χ0v) is 12.3.